The lowest BCUT2D eigenvalue weighted by molar-refractivity contribution is -0.137. The van der Waals surface area contributed by atoms with Gasteiger partial charge in [0.15, 0.2) is 0 Å². The van der Waals surface area contributed by atoms with E-state index in [2.05, 4.69) is 10.1 Å². The number of hydrogen-bond donors (Lipinski definition) is 0. The van der Waals surface area contributed by atoms with Crippen LogP contribution < -0.4 is 0 Å². The molecule has 0 amide bonds. The summed E-state index contributed by atoms with van der Waals surface area (Å²) >= 11 is 0. The Morgan fingerprint density at radius 1 is 1.17 bits per heavy atom. The van der Waals surface area contributed by atoms with Crippen molar-refractivity contribution in [2.24, 2.45) is 0 Å². The van der Waals surface area contributed by atoms with Gasteiger partial charge < -0.3 is 4.52 Å². The Kier molecular flexibility index (Phi) is 3.11. The van der Waals surface area contributed by atoms with E-state index in [0.29, 0.717) is 5.89 Å². The van der Waals surface area contributed by atoms with Crippen LogP contribution in [0.2, 0.25) is 0 Å². The lowest BCUT2D eigenvalue weighted by atomic mass is 10.1. The maximum atomic E-state index is 12.8. The molecule has 0 aliphatic carbocycles. The summed E-state index contributed by atoms with van der Waals surface area (Å²) in [5, 5.41) is 3.60. The highest BCUT2D eigenvalue weighted by Crippen LogP contribution is 2.36. The van der Waals surface area contributed by atoms with Gasteiger partial charge in [0.05, 0.1) is 5.56 Å². The van der Waals surface area contributed by atoms with E-state index in [1.54, 1.807) is 0 Å². The Labute approximate surface area is 102 Å². The lowest BCUT2D eigenvalue weighted by Crippen LogP contribution is -2.07. The molecule has 0 bridgehead atoms. The van der Waals surface area contributed by atoms with Crippen LogP contribution in [0.4, 0.5) is 13.2 Å². The van der Waals surface area contributed by atoms with Crippen molar-refractivity contribution in [2.75, 3.05) is 0 Å². The predicted molar refractivity (Wildman–Crippen MR) is 58.8 cm³/mol. The fourth-order valence-corrected chi connectivity index (χ4v) is 1.50. The molecule has 1 aromatic heterocycles. The number of halogens is 3. The largest absolute Gasteiger partial charge is 0.417 e. The summed E-state index contributed by atoms with van der Waals surface area (Å²) in [6.45, 7) is 3.65. The maximum absolute atomic E-state index is 12.8. The molecule has 0 radical (unpaired) electrons. The van der Waals surface area contributed by atoms with Gasteiger partial charge in [-0.1, -0.05) is 37.2 Å². The summed E-state index contributed by atoms with van der Waals surface area (Å²) in [4.78, 5) is 3.98. The second-order valence-electron chi connectivity index (χ2n) is 4.15. The zero-order valence-electron chi connectivity index (χ0n) is 9.82. The Morgan fingerprint density at radius 3 is 2.39 bits per heavy atom. The van der Waals surface area contributed by atoms with E-state index in [1.807, 2.05) is 13.8 Å². The molecule has 0 saturated carbocycles. The van der Waals surface area contributed by atoms with E-state index in [4.69, 9.17) is 4.52 Å². The molecule has 18 heavy (non-hydrogen) atoms. The standard InChI is InChI=1S/C12H11F3N2O/c1-7(2)11-16-10(17-18-11)8-5-3-4-6-9(8)12(13,14)15/h3-7H,1-2H3. The molecule has 0 atom stereocenters. The molecule has 2 aromatic rings. The highest BCUT2D eigenvalue weighted by molar-refractivity contribution is 5.60. The van der Waals surface area contributed by atoms with Crippen molar-refractivity contribution in [3.05, 3.63) is 35.7 Å². The second-order valence-corrected chi connectivity index (χ2v) is 4.15. The van der Waals surface area contributed by atoms with Crippen LogP contribution in [0.5, 0.6) is 0 Å². The number of rotatable bonds is 2. The van der Waals surface area contributed by atoms with Crippen LogP contribution in [0.25, 0.3) is 11.4 Å². The van der Waals surface area contributed by atoms with Gasteiger partial charge in [-0.3, -0.25) is 0 Å². The van der Waals surface area contributed by atoms with Crippen LogP contribution in [0.3, 0.4) is 0 Å². The van der Waals surface area contributed by atoms with Crippen LogP contribution in [0.1, 0.15) is 31.2 Å². The van der Waals surface area contributed by atoms with E-state index in [0.717, 1.165) is 6.07 Å². The molecule has 3 nitrogen and oxygen atoms in total. The predicted octanol–water partition coefficient (Wildman–Crippen LogP) is 3.88. The highest BCUT2D eigenvalue weighted by atomic mass is 19.4. The molecule has 0 N–H and O–H groups in total. The Bertz CT molecular complexity index is 546. The molecular formula is C12H11F3N2O. The SMILES string of the molecule is CC(C)c1nc(-c2ccccc2C(F)(F)F)no1. The first-order valence-corrected chi connectivity index (χ1v) is 5.40. The molecule has 1 aromatic carbocycles. The molecule has 0 spiro atoms. The van der Waals surface area contributed by atoms with Crippen molar-refractivity contribution in [1.82, 2.24) is 10.1 Å². The molecule has 6 heteroatoms. The van der Waals surface area contributed by atoms with Crippen molar-refractivity contribution in [2.45, 2.75) is 25.9 Å². The summed E-state index contributed by atoms with van der Waals surface area (Å²) < 4.78 is 43.4. The van der Waals surface area contributed by atoms with Crippen molar-refractivity contribution in [3.63, 3.8) is 0 Å². The van der Waals surface area contributed by atoms with E-state index >= 15 is 0 Å². The van der Waals surface area contributed by atoms with Crippen LogP contribution in [0, 0.1) is 0 Å². The molecule has 1 heterocycles. The van der Waals surface area contributed by atoms with Crippen LogP contribution in [0.15, 0.2) is 28.8 Å². The van der Waals surface area contributed by atoms with Gasteiger partial charge in [-0.15, -0.1) is 0 Å². The Balaban J connectivity index is 2.50. The smallest absolute Gasteiger partial charge is 0.339 e. The van der Waals surface area contributed by atoms with E-state index in [1.165, 1.54) is 18.2 Å². The van der Waals surface area contributed by atoms with Crippen LogP contribution in [-0.4, -0.2) is 10.1 Å². The number of nitrogens with zero attached hydrogens (tertiary/aromatic N) is 2. The summed E-state index contributed by atoms with van der Waals surface area (Å²) in [5.41, 5.74) is -0.832. The minimum absolute atomic E-state index is 0.0238. The fraction of sp³-hybridized carbons (Fsp3) is 0.333. The van der Waals surface area contributed by atoms with E-state index in [9.17, 15) is 13.2 Å². The summed E-state index contributed by atoms with van der Waals surface area (Å²) in [7, 11) is 0. The van der Waals surface area contributed by atoms with Gasteiger partial charge in [0.1, 0.15) is 0 Å². The first-order valence-electron chi connectivity index (χ1n) is 5.40. The van der Waals surface area contributed by atoms with Crippen molar-refractivity contribution >= 4 is 0 Å². The number of hydrogen-bond acceptors (Lipinski definition) is 3. The summed E-state index contributed by atoms with van der Waals surface area (Å²) in [6.07, 6.45) is -4.44. The first-order chi connectivity index (χ1) is 8.39. The molecule has 0 fully saturated rings. The molecule has 0 unspecified atom stereocenters. The van der Waals surface area contributed by atoms with Gasteiger partial charge in [0.25, 0.3) is 0 Å². The fourth-order valence-electron chi connectivity index (χ4n) is 1.50. The molecular weight excluding hydrogens is 245 g/mol. The number of aromatic nitrogens is 2. The number of alkyl halides is 3. The minimum atomic E-state index is -4.44. The monoisotopic (exact) mass is 256 g/mol. The second kappa shape index (κ2) is 4.44. The normalized spacial score (nSPS) is 12.1. The van der Waals surface area contributed by atoms with E-state index < -0.39 is 11.7 Å². The summed E-state index contributed by atoms with van der Waals surface area (Å²) in [5.74, 6) is 0.262. The topological polar surface area (TPSA) is 38.9 Å². The zero-order valence-corrected chi connectivity index (χ0v) is 9.82. The van der Waals surface area contributed by atoms with Crippen molar-refractivity contribution in [3.8, 4) is 11.4 Å². The zero-order chi connectivity index (χ0) is 13.3. The van der Waals surface area contributed by atoms with Gasteiger partial charge in [-0.25, -0.2) is 0 Å². The molecule has 2 rings (SSSR count). The van der Waals surface area contributed by atoms with Gasteiger partial charge in [-0.05, 0) is 6.07 Å². The Hall–Kier alpha value is -1.85. The lowest BCUT2D eigenvalue weighted by Gasteiger charge is -2.09. The Morgan fingerprint density at radius 2 is 1.83 bits per heavy atom. The first kappa shape index (κ1) is 12.6. The van der Waals surface area contributed by atoms with Crippen molar-refractivity contribution < 1.29 is 17.7 Å². The van der Waals surface area contributed by atoms with Gasteiger partial charge in [-0.2, -0.15) is 18.2 Å². The van der Waals surface area contributed by atoms with Gasteiger partial charge in [0, 0.05) is 11.5 Å². The van der Waals surface area contributed by atoms with Crippen molar-refractivity contribution in [1.29, 1.82) is 0 Å². The average Bonchev–Trinajstić information content (AvgIpc) is 2.77. The number of benzene rings is 1. The maximum Gasteiger partial charge on any atom is 0.417 e. The van der Waals surface area contributed by atoms with Gasteiger partial charge in [0.2, 0.25) is 11.7 Å². The van der Waals surface area contributed by atoms with Crippen LogP contribution >= 0.6 is 0 Å². The molecule has 0 aliphatic rings. The van der Waals surface area contributed by atoms with E-state index in [-0.39, 0.29) is 17.3 Å². The molecule has 96 valence electrons. The quantitative estimate of drug-likeness (QED) is 0.818. The molecule has 0 saturated heterocycles. The van der Waals surface area contributed by atoms with Gasteiger partial charge >= 0.3 is 6.18 Å². The summed E-state index contributed by atoms with van der Waals surface area (Å²) in [6, 6.07) is 5.17. The van der Waals surface area contributed by atoms with Crippen LogP contribution in [-0.2, 0) is 6.18 Å². The third kappa shape index (κ3) is 2.37. The third-order valence-electron chi connectivity index (χ3n) is 2.41. The minimum Gasteiger partial charge on any atom is -0.339 e. The third-order valence-corrected chi connectivity index (χ3v) is 2.41. The highest BCUT2D eigenvalue weighted by Gasteiger charge is 2.34. The average molecular weight is 256 g/mol. The molecule has 0 aliphatic heterocycles.